The van der Waals surface area contributed by atoms with E-state index in [1.807, 2.05) is 31.2 Å². The van der Waals surface area contributed by atoms with Crippen LogP contribution in [0.3, 0.4) is 0 Å². The third-order valence-corrected chi connectivity index (χ3v) is 3.35. The number of nitrogens with one attached hydrogen (secondary N) is 1. The summed E-state index contributed by atoms with van der Waals surface area (Å²) in [6.07, 6.45) is 0. The van der Waals surface area contributed by atoms with E-state index < -0.39 is 0 Å². The minimum atomic E-state index is -0.136. The first-order valence-corrected chi connectivity index (χ1v) is 6.28. The highest BCUT2D eigenvalue weighted by molar-refractivity contribution is 14.1. The van der Waals surface area contributed by atoms with Crippen LogP contribution < -0.4 is 5.32 Å². The van der Waals surface area contributed by atoms with Crippen molar-refractivity contribution in [2.24, 2.45) is 0 Å². The van der Waals surface area contributed by atoms with E-state index in [-0.39, 0.29) is 5.91 Å². The quantitative estimate of drug-likeness (QED) is 0.846. The number of furan rings is 1. The molecule has 17 heavy (non-hydrogen) atoms. The van der Waals surface area contributed by atoms with Gasteiger partial charge in [-0.3, -0.25) is 4.79 Å². The Morgan fingerprint density at radius 3 is 2.59 bits per heavy atom. The molecule has 1 N–H and O–H groups in total. The van der Waals surface area contributed by atoms with Gasteiger partial charge in [0, 0.05) is 3.57 Å². The van der Waals surface area contributed by atoms with Crippen LogP contribution in [0.2, 0.25) is 0 Å². The van der Waals surface area contributed by atoms with Gasteiger partial charge in [0.05, 0.1) is 11.3 Å². The fourth-order valence-corrected chi connectivity index (χ4v) is 2.13. The van der Waals surface area contributed by atoms with Gasteiger partial charge in [-0.2, -0.15) is 0 Å². The lowest BCUT2D eigenvalue weighted by Crippen LogP contribution is -2.12. The molecule has 0 fully saturated rings. The molecule has 4 heteroatoms. The van der Waals surface area contributed by atoms with Crippen LogP contribution in [0, 0.1) is 17.4 Å². The van der Waals surface area contributed by atoms with Crippen LogP contribution in [-0.2, 0) is 0 Å². The lowest BCUT2D eigenvalue weighted by Gasteiger charge is -2.05. The Morgan fingerprint density at radius 1 is 1.29 bits per heavy atom. The molecule has 2 aromatic rings. The predicted molar refractivity (Wildman–Crippen MR) is 75.3 cm³/mol. The van der Waals surface area contributed by atoms with Gasteiger partial charge in [-0.25, -0.2) is 0 Å². The van der Waals surface area contributed by atoms with Crippen molar-refractivity contribution >= 4 is 34.2 Å². The van der Waals surface area contributed by atoms with Gasteiger partial charge < -0.3 is 9.73 Å². The number of amides is 1. The minimum Gasteiger partial charge on any atom is -0.466 e. The lowest BCUT2D eigenvalue weighted by molar-refractivity contribution is 0.102. The second-order valence-electron chi connectivity index (χ2n) is 3.76. The van der Waals surface area contributed by atoms with Crippen LogP contribution in [0.25, 0.3) is 0 Å². The van der Waals surface area contributed by atoms with E-state index in [9.17, 15) is 4.79 Å². The fourth-order valence-electron chi connectivity index (χ4n) is 1.61. The second-order valence-corrected chi connectivity index (χ2v) is 4.92. The molecule has 0 saturated carbocycles. The number of benzene rings is 1. The molecule has 0 unspecified atom stereocenters. The Kier molecular flexibility index (Phi) is 3.51. The van der Waals surface area contributed by atoms with Crippen molar-refractivity contribution in [1.82, 2.24) is 0 Å². The molecule has 0 aliphatic carbocycles. The highest BCUT2D eigenvalue weighted by Crippen LogP contribution is 2.20. The normalized spacial score (nSPS) is 10.3. The third kappa shape index (κ3) is 2.69. The molecule has 88 valence electrons. The first kappa shape index (κ1) is 12.2. The molecule has 0 saturated heterocycles. The number of rotatable bonds is 2. The topological polar surface area (TPSA) is 42.2 Å². The summed E-state index contributed by atoms with van der Waals surface area (Å²) >= 11 is 2.19. The zero-order valence-corrected chi connectivity index (χ0v) is 11.7. The third-order valence-electron chi connectivity index (χ3n) is 2.41. The SMILES string of the molecule is Cc1cc(C(=O)Nc2ccccc2I)c(C)o1. The average Bonchev–Trinajstić information content (AvgIpc) is 2.61. The number of aryl methyl sites for hydroxylation is 2. The highest BCUT2D eigenvalue weighted by atomic mass is 127. The maximum atomic E-state index is 12.0. The summed E-state index contributed by atoms with van der Waals surface area (Å²) < 4.78 is 6.35. The summed E-state index contributed by atoms with van der Waals surface area (Å²) in [6, 6.07) is 9.40. The smallest absolute Gasteiger partial charge is 0.259 e. The minimum absolute atomic E-state index is 0.136. The van der Waals surface area contributed by atoms with Crippen LogP contribution in [-0.4, -0.2) is 5.91 Å². The van der Waals surface area contributed by atoms with Crippen LogP contribution in [0.1, 0.15) is 21.9 Å². The fraction of sp³-hybridized carbons (Fsp3) is 0.154. The molecular formula is C13H12INO2. The molecular weight excluding hydrogens is 329 g/mol. The number of halogens is 1. The first-order valence-electron chi connectivity index (χ1n) is 5.21. The summed E-state index contributed by atoms with van der Waals surface area (Å²) in [6.45, 7) is 3.62. The monoisotopic (exact) mass is 341 g/mol. The summed E-state index contributed by atoms with van der Waals surface area (Å²) in [5.41, 5.74) is 1.40. The molecule has 1 aromatic heterocycles. The molecule has 0 atom stereocenters. The molecule has 3 nitrogen and oxygen atoms in total. The van der Waals surface area contributed by atoms with E-state index >= 15 is 0 Å². The molecule has 1 amide bonds. The lowest BCUT2D eigenvalue weighted by atomic mass is 10.2. The van der Waals surface area contributed by atoms with E-state index in [2.05, 4.69) is 27.9 Å². The molecule has 0 aliphatic rings. The molecule has 2 rings (SSSR count). The van der Waals surface area contributed by atoms with Crippen LogP contribution in [0.15, 0.2) is 34.7 Å². The van der Waals surface area contributed by atoms with Crippen molar-refractivity contribution in [3.05, 3.63) is 51.0 Å². The zero-order valence-electron chi connectivity index (χ0n) is 9.58. The predicted octanol–water partition coefficient (Wildman–Crippen LogP) is 3.75. The second kappa shape index (κ2) is 4.91. The van der Waals surface area contributed by atoms with Gasteiger partial charge >= 0.3 is 0 Å². The Labute approximate surface area is 113 Å². The van der Waals surface area contributed by atoms with E-state index in [1.54, 1.807) is 13.0 Å². The van der Waals surface area contributed by atoms with Crippen molar-refractivity contribution in [3.63, 3.8) is 0 Å². The highest BCUT2D eigenvalue weighted by Gasteiger charge is 2.14. The van der Waals surface area contributed by atoms with Crippen LogP contribution in [0.4, 0.5) is 5.69 Å². The van der Waals surface area contributed by atoms with Crippen molar-refractivity contribution < 1.29 is 9.21 Å². The molecule has 1 aromatic carbocycles. The van der Waals surface area contributed by atoms with Crippen molar-refractivity contribution in [2.75, 3.05) is 5.32 Å². The van der Waals surface area contributed by atoms with Gasteiger partial charge in [-0.15, -0.1) is 0 Å². The van der Waals surface area contributed by atoms with Gasteiger partial charge in [0.2, 0.25) is 0 Å². The van der Waals surface area contributed by atoms with E-state index in [0.717, 1.165) is 15.0 Å². The maximum absolute atomic E-state index is 12.0. The van der Waals surface area contributed by atoms with Crippen LogP contribution >= 0.6 is 22.6 Å². The van der Waals surface area contributed by atoms with Gasteiger partial charge in [-0.1, -0.05) is 12.1 Å². The summed E-state index contributed by atoms with van der Waals surface area (Å²) in [4.78, 5) is 12.0. The summed E-state index contributed by atoms with van der Waals surface area (Å²) in [5.74, 6) is 1.25. The molecule has 1 heterocycles. The molecule has 0 aliphatic heterocycles. The Hall–Kier alpha value is -1.30. The summed E-state index contributed by atoms with van der Waals surface area (Å²) in [5, 5.41) is 2.87. The van der Waals surface area contributed by atoms with Crippen molar-refractivity contribution in [2.45, 2.75) is 13.8 Å². The maximum Gasteiger partial charge on any atom is 0.259 e. The number of hydrogen-bond donors (Lipinski definition) is 1. The molecule has 0 spiro atoms. The number of carbonyl (C=O) groups excluding carboxylic acids is 1. The van der Waals surface area contributed by atoms with Gasteiger partial charge in [0.15, 0.2) is 0 Å². The zero-order chi connectivity index (χ0) is 12.4. The molecule has 0 radical (unpaired) electrons. The number of hydrogen-bond acceptors (Lipinski definition) is 2. The molecule has 0 bridgehead atoms. The van der Waals surface area contributed by atoms with E-state index in [1.165, 1.54) is 0 Å². The van der Waals surface area contributed by atoms with Crippen molar-refractivity contribution in [1.29, 1.82) is 0 Å². The number of carbonyl (C=O) groups is 1. The van der Waals surface area contributed by atoms with Crippen molar-refractivity contribution in [3.8, 4) is 0 Å². The Bertz CT molecular complexity index is 560. The van der Waals surface area contributed by atoms with Gasteiger partial charge in [-0.05, 0) is 54.6 Å². The number of para-hydroxylation sites is 1. The van der Waals surface area contributed by atoms with E-state index in [0.29, 0.717) is 11.3 Å². The van der Waals surface area contributed by atoms with E-state index in [4.69, 9.17) is 4.42 Å². The number of anilines is 1. The van der Waals surface area contributed by atoms with Gasteiger partial charge in [0.25, 0.3) is 5.91 Å². The van der Waals surface area contributed by atoms with Crippen LogP contribution in [0.5, 0.6) is 0 Å². The summed E-state index contributed by atoms with van der Waals surface area (Å²) in [7, 11) is 0. The largest absolute Gasteiger partial charge is 0.466 e. The standard InChI is InChI=1S/C13H12INO2/c1-8-7-10(9(2)17-8)13(16)15-12-6-4-3-5-11(12)14/h3-7H,1-2H3,(H,15,16). The first-order chi connectivity index (χ1) is 8.08. The Morgan fingerprint density at radius 2 is 2.00 bits per heavy atom. The van der Waals surface area contributed by atoms with Gasteiger partial charge in [0.1, 0.15) is 11.5 Å². The Balaban J connectivity index is 2.23. The average molecular weight is 341 g/mol.